The molecule has 0 aliphatic carbocycles. The standard InChI is InChI=1S/C15H24ClN3/c1-4-13-9-12(8-10(2)14(13)16)7-5-6-11(3)19-15(17)18/h8-9,11H,4-7H2,1-3H3,(H4,17,18,19)/t11-/m0/s1. The van der Waals surface area contributed by atoms with Crippen LogP contribution in [-0.4, -0.2) is 12.0 Å². The summed E-state index contributed by atoms with van der Waals surface area (Å²) < 4.78 is 0. The van der Waals surface area contributed by atoms with Gasteiger partial charge in [-0.3, -0.25) is 4.99 Å². The van der Waals surface area contributed by atoms with Crippen LogP contribution in [0.15, 0.2) is 17.1 Å². The van der Waals surface area contributed by atoms with Crippen molar-refractivity contribution in [3.05, 3.63) is 33.8 Å². The van der Waals surface area contributed by atoms with Crippen LogP contribution in [0.5, 0.6) is 0 Å². The second-order valence-corrected chi connectivity index (χ2v) is 5.41. The fraction of sp³-hybridized carbons (Fsp3) is 0.533. The molecular weight excluding hydrogens is 258 g/mol. The summed E-state index contributed by atoms with van der Waals surface area (Å²) in [7, 11) is 0. The molecule has 0 radical (unpaired) electrons. The predicted octanol–water partition coefficient (Wildman–Crippen LogP) is 3.20. The van der Waals surface area contributed by atoms with Gasteiger partial charge in [0, 0.05) is 5.02 Å². The molecular formula is C15H24ClN3. The number of nitrogens with two attached hydrogens (primary N) is 2. The van der Waals surface area contributed by atoms with Gasteiger partial charge in [0.2, 0.25) is 0 Å². The van der Waals surface area contributed by atoms with Crippen molar-refractivity contribution < 1.29 is 0 Å². The molecule has 19 heavy (non-hydrogen) atoms. The van der Waals surface area contributed by atoms with Gasteiger partial charge in [-0.15, -0.1) is 0 Å². The first kappa shape index (κ1) is 15.8. The number of aliphatic imine (C=N–C) groups is 1. The maximum absolute atomic E-state index is 6.26. The number of rotatable bonds is 6. The molecule has 0 bridgehead atoms. The Morgan fingerprint density at radius 3 is 2.63 bits per heavy atom. The third-order valence-corrected chi connectivity index (χ3v) is 3.77. The van der Waals surface area contributed by atoms with E-state index in [4.69, 9.17) is 23.1 Å². The summed E-state index contributed by atoms with van der Waals surface area (Å²) in [6, 6.07) is 4.57. The lowest BCUT2D eigenvalue weighted by Crippen LogP contribution is -2.24. The Morgan fingerprint density at radius 2 is 2.05 bits per heavy atom. The molecule has 0 saturated carbocycles. The Morgan fingerprint density at radius 1 is 1.37 bits per heavy atom. The molecule has 106 valence electrons. The highest BCUT2D eigenvalue weighted by molar-refractivity contribution is 6.32. The van der Waals surface area contributed by atoms with Crippen LogP contribution in [0.4, 0.5) is 0 Å². The minimum atomic E-state index is 0.170. The maximum atomic E-state index is 6.26. The highest BCUT2D eigenvalue weighted by atomic mass is 35.5. The molecule has 1 aromatic carbocycles. The average Bonchev–Trinajstić information content (AvgIpc) is 2.32. The zero-order chi connectivity index (χ0) is 14.4. The van der Waals surface area contributed by atoms with Crippen LogP contribution in [-0.2, 0) is 12.8 Å². The first-order valence-electron chi connectivity index (χ1n) is 6.80. The van der Waals surface area contributed by atoms with Crippen LogP contribution in [0, 0.1) is 6.92 Å². The number of hydrogen-bond acceptors (Lipinski definition) is 1. The number of nitrogens with zero attached hydrogens (tertiary/aromatic N) is 1. The Labute approximate surface area is 121 Å². The fourth-order valence-corrected chi connectivity index (χ4v) is 2.49. The average molecular weight is 282 g/mol. The molecule has 4 heteroatoms. The summed E-state index contributed by atoms with van der Waals surface area (Å²) in [5.74, 6) is 0.170. The third-order valence-electron chi connectivity index (χ3n) is 3.23. The van der Waals surface area contributed by atoms with Gasteiger partial charge in [-0.05, 0) is 56.2 Å². The summed E-state index contributed by atoms with van der Waals surface area (Å²) >= 11 is 6.26. The first-order chi connectivity index (χ1) is 8.93. The van der Waals surface area contributed by atoms with E-state index in [0.29, 0.717) is 0 Å². The molecule has 0 heterocycles. The van der Waals surface area contributed by atoms with E-state index in [1.807, 2.05) is 6.92 Å². The number of hydrogen-bond donors (Lipinski definition) is 2. The van der Waals surface area contributed by atoms with Crippen LogP contribution in [0.3, 0.4) is 0 Å². The second kappa shape index (κ2) is 7.39. The van der Waals surface area contributed by atoms with E-state index in [0.717, 1.165) is 36.3 Å². The van der Waals surface area contributed by atoms with Crippen molar-refractivity contribution >= 4 is 17.6 Å². The van der Waals surface area contributed by atoms with Gasteiger partial charge in [-0.1, -0.05) is 30.7 Å². The summed E-state index contributed by atoms with van der Waals surface area (Å²) in [4.78, 5) is 4.13. The quantitative estimate of drug-likeness (QED) is 0.621. The van der Waals surface area contributed by atoms with E-state index in [-0.39, 0.29) is 12.0 Å². The normalized spacial score (nSPS) is 12.2. The van der Waals surface area contributed by atoms with E-state index in [2.05, 4.69) is 31.0 Å². The van der Waals surface area contributed by atoms with Crippen molar-refractivity contribution in [2.24, 2.45) is 16.5 Å². The molecule has 0 fully saturated rings. The summed E-state index contributed by atoms with van der Waals surface area (Å²) in [5.41, 5.74) is 14.5. The molecule has 3 nitrogen and oxygen atoms in total. The molecule has 0 saturated heterocycles. The Bertz CT molecular complexity index is 451. The van der Waals surface area contributed by atoms with Crippen LogP contribution in [0.25, 0.3) is 0 Å². The van der Waals surface area contributed by atoms with Crippen LogP contribution < -0.4 is 11.5 Å². The minimum Gasteiger partial charge on any atom is -0.370 e. The number of guanidine groups is 1. The summed E-state index contributed by atoms with van der Waals surface area (Å²) in [5, 5.41) is 0.903. The highest BCUT2D eigenvalue weighted by Crippen LogP contribution is 2.24. The highest BCUT2D eigenvalue weighted by Gasteiger charge is 2.06. The van der Waals surface area contributed by atoms with Gasteiger partial charge >= 0.3 is 0 Å². The van der Waals surface area contributed by atoms with Crippen molar-refractivity contribution in [2.75, 3.05) is 0 Å². The lowest BCUT2D eigenvalue weighted by molar-refractivity contribution is 0.625. The first-order valence-corrected chi connectivity index (χ1v) is 7.18. The van der Waals surface area contributed by atoms with Crippen molar-refractivity contribution in [2.45, 2.75) is 52.5 Å². The van der Waals surface area contributed by atoms with Crippen molar-refractivity contribution in [1.82, 2.24) is 0 Å². The van der Waals surface area contributed by atoms with Crippen LogP contribution >= 0.6 is 11.6 Å². The minimum absolute atomic E-state index is 0.170. The zero-order valence-corrected chi connectivity index (χ0v) is 12.8. The Hall–Kier alpha value is -1.22. The smallest absolute Gasteiger partial charge is 0.186 e. The topological polar surface area (TPSA) is 64.4 Å². The van der Waals surface area contributed by atoms with Crippen molar-refractivity contribution in [3.8, 4) is 0 Å². The molecule has 1 atom stereocenters. The van der Waals surface area contributed by atoms with E-state index in [1.165, 1.54) is 11.1 Å². The van der Waals surface area contributed by atoms with Gasteiger partial charge in [0.15, 0.2) is 5.96 Å². The SMILES string of the molecule is CCc1cc(CCC[C@H](C)N=C(N)N)cc(C)c1Cl. The van der Waals surface area contributed by atoms with Crippen molar-refractivity contribution in [3.63, 3.8) is 0 Å². The van der Waals surface area contributed by atoms with Gasteiger partial charge in [0.05, 0.1) is 6.04 Å². The van der Waals surface area contributed by atoms with Gasteiger partial charge in [0.1, 0.15) is 0 Å². The maximum Gasteiger partial charge on any atom is 0.186 e. The van der Waals surface area contributed by atoms with Crippen LogP contribution in [0.2, 0.25) is 5.02 Å². The molecule has 1 rings (SSSR count). The van der Waals surface area contributed by atoms with E-state index in [1.54, 1.807) is 0 Å². The molecule has 0 aliphatic heterocycles. The van der Waals surface area contributed by atoms with Crippen LogP contribution in [0.1, 0.15) is 43.4 Å². The van der Waals surface area contributed by atoms with Gasteiger partial charge in [-0.2, -0.15) is 0 Å². The molecule has 0 aliphatic rings. The summed E-state index contributed by atoms with van der Waals surface area (Å²) in [6.07, 6.45) is 4.07. The Balaban J connectivity index is 2.59. The van der Waals surface area contributed by atoms with Gasteiger partial charge in [-0.25, -0.2) is 0 Å². The lowest BCUT2D eigenvalue weighted by Gasteiger charge is -2.10. The van der Waals surface area contributed by atoms with E-state index < -0.39 is 0 Å². The largest absolute Gasteiger partial charge is 0.370 e. The molecule has 1 aromatic rings. The molecule has 0 spiro atoms. The van der Waals surface area contributed by atoms with E-state index >= 15 is 0 Å². The van der Waals surface area contributed by atoms with Crippen molar-refractivity contribution in [1.29, 1.82) is 0 Å². The number of halogens is 1. The monoisotopic (exact) mass is 281 g/mol. The lowest BCUT2D eigenvalue weighted by atomic mass is 10.00. The van der Waals surface area contributed by atoms with Gasteiger partial charge < -0.3 is 11.5 Å². The fourth-order valence-electron chi connectivity index (χ4n) is 2.25. The molecule has 0 amide bonds. The molecule has 0 unspecified atom stereocenters. The third kappa shape index (κ3) is 5.11. The summed E-state index contributed by atoms with van der Waals surface area (Å²) in [6.45, 7) is 6.22. The van der Waals surface area contributed by atoms with Gasteiger partial charge in [0.25, 0.3) is 0 Å². The Kier molecular flexibility index (Phi) is 6.16. The zero-order valence-electron chi connectivity index (χ0n) is 12.0. The number of aryl methyl sites for hydroxylation is 3. The van der Waals surface area contributed by atoms with E-state index in [9.17, 15) is 0 Å². The molecule has 0 aromatic heterocycles. The molecule has 4 N–H and O–H groups in total. The predicted molar refractivity (Wildman–Crippen MR) is 83.8 cm³/mol. The second-order valence-electron chi connectivity index (χ2n) is 5.03. The number of benzene rings is 1.